The molecule has 0 radical (unpaired) electrons. The highest BCUT2D eigenvalue weighted by atomic mass is 35.5. The average Bonchev–Trinajstić information content (AvgIpc) is 2.28. The maximum Gasteiger partial charge on any atom is 0.328 e. The fourth-order valence-corrected chi connectivity index (χ4v) is 1.26. The number of carbonyl (C=O) groups is 1. The molecule has 84 valence electrons. The minimum atomic E-state index is -1.00. The number of hydrogen-bond acceptors (Lipinski definition) is 2. The number of aliphatic carboxylic acids is 1. The Bertz CT molecular complexity index is 418. The van der Waals surface area contributed by atoms with Crippen molar-refractivity contribution in [3.63, 3.8) is 0 Å². The number of carboxylic acid groups (broad SMARTS) is 1. The Morgan fingerprint density at radius 2 is 2.00 bits per heavy atom. The van der Waals surface area contributed by atoms with Gasteiger partial charge in [-0.15, -0.1) is 0 Å². The lowest BCUT2D eigenvalue weighted by molar-refractivity contribution is -0.131. The van der Waals surface area contributed by atoms with Crippen LogP contribution < -0.4 is 4.74 Å². The third-order valence-corrected chi connectivity index (χ3v) is 2.19. The zero-order chi connectivity index (χ0) is 12.0. The van der Waals surface area contributed by atoms with E-state index >= 15 is 0 Å². The molecule has 0 saturated heterocycles. The van der Waals surface area contributed by atoms with Gasteiger partial charge in [0.25, 0.3) is 0 Å². The third kappa shape index (κ3) is 3.79. The van der Waals surface area contributed by atoms with Crippen LogP contribution in [-0.4, -0.2) is 18.2 Å². The fourth-order valence-electron chi connectivity index (χ4n) is 1.06. The Kier molecular flexibility index (Phi) is 4.61. The molecule has 0 unspecified atom stereocenters. The van der Waals surface area contributed by atoms with E-state index in [1.165, 1.54) is 12.2 Å². The summed E-state index contributed by atoms with van der Waals surface area (Å²) in [6, 6.07) is 7.16. The van der Waals surface area contributed by atoms with E-state index in [2.05, 4.69) is 0 Å². The Balaban J connectivity index is 2.79. The second kappa shape index (κ2) is 5.98. The highest BCUT2D eigenvalue weighted by molar-refractivity contribution is 6.48. The van der Waals surface area contributed by atoms with Crippen molar-refractivity contribution in [3.05, 3.63) is 48.1 Å². The van der Waals surface area contributed by atoms with Gasteiger partial charge in [-0.1, -0.05) is 17.7 Å². The molecule has 0 aliphatic rings. The minimum absolute atomic E-state index is 0.472. The molecule has 0 amide bonds. The molecule has 0 atom stereocenters. The Hall–Kier alpha value is -1.74. The van der Waals surface area contributed by atoms with Crippen LogP contribution in [0.15, 0.2) is 42.5 Å². The van der Waals surface area contributed by atoms with Crippen LogP contribution in [0.25, 0.3) is 5.03 Å². The molecule has 0 saturated carbocycles. The van der Waals surface area contributed by atoms with E-state index in [4.69, 9.17) is 21.4 Å². The van der Waals surface area contributed by atoms with E-state index in [1.54, 1.807) is 31.4 Å². The van der Waals surface area contributed by atoms with Crippen molar-refractivity contribution in [1.82, 2.24) is 0 Å². The first-order chi connectivity index (χ1) is 7.63. The van der Waals surface area contributed by atoms with E-state index in [1.807, 2.05) is 0 Å². The summed E-state index contributed by atoms with van der Waals surface area (Å²) in [5, 5.41) is 8.86. The van der Waals surface area contributed by atoms with Gasteiger partial charge in [0.1, 0.15) is 5.75 Å². The molecule has 0 spiro atoms. The summed E-state index contributed by atoms with van der Waals surface area (Å²) in [6.45, 7) is 0. The fraction of sp³-hybridized carbons (Fsp3) is 0.0833. The van der Waals surface area contributed by atoms with E-state index in [9.17, 15) is 4.79 Å². The quantitative estimate of drug-likeness (QED) is 0.648. The molecular weight excluding hydrogens is 228 g/mol. The molecule has 4 heteroatoms. The molecule has 0 aliphatic heterocycles. The highest BCUT2D eigenvalue weighted by Crippen LogP contribution is 2.21. The van der Waals surface area contributed by atoms with Crippen LogP contribution in [0.5, 0.6) is 5.75 Å². The minimum Gasteiger partial charge on any atom is -0.497 e. The lowest BCUT2D eigenvalue weighted by Gasteiger charge is -2.01. The van der Waals surface area contributed by atoms with Crippen LogP contribution in [-0.2, 0) is 4.79 Å². The number of benzene rings is 1. The molecule has 3 nitrogen and oxygen atoms in total. The summed E-state index contributed by atoms with van der Waals surface area (Å²) in [5.74, 6) is -0.259. The topological polar surface area (TPSA) is 46.5 Å². The number of halogens is 1. The molecule has 0 aromatic heterocycles. The first kappa shape index (κ1) is 12.3. The average molecular weight is 239 g/mol. The van der Waals surface area contributed by atoms with E-state index < -0.39 is 5.97 Å². The molecule has 1 rings (SSSR count). The van der Waals surface area contributed by atoms with E-state index in [0.717, 1.165) is 17.4 Å². The number of ether oxygens (including phenoxy) is 1. The standard InChI is InChI=1S/C12H11ClO3/c1-16-10-7-5-9(6-8-10)11(13)3-2-4-12(14)15/h2-8H,1H3,(H,14,15)/b4-2+,11-3-. The predicted molar refractivity (Wildman–Crippen MR) is 63.6 cm³/mol. The number of hydrogen-bond donors (Lipinski definition) is 1. The van der Waals surface area contributed by atoms with Gasteiger partial charge in [0.15, 0.2) is 0 Å². The van der Waals surface area contributed by atoms with Crippen LogP contribution in [0, 0.1) is 0 Å². The van der Waals surface area contributed by atoms with Gasteiger partial charge >= 0.3 is 5.97 Å². The number of rotatable bonds is 4. The van der Waals surface area contributed by atoms with Crippen LogP contribution in [0.3, 0.4) is 0 Å². The first-order valence-electron chi connectivity index (χ1n) is 4.54. The summed E-state index contributed by atoms with van der Waals surface area (Å²) in [4.78, 5) is 10.2. The van der Waals surface area contributed by atoms with Gasteiger partial charge in [0.05, 0.1) is 7.11 Å². The molecule has 0 heterocycles. The van der Waals surface area contributed by atoms with Gasteiger partial charge < -0.3 is 9.84 Å². The summed E-state index contributed by atoms with van der Waals surface area (Å²) in [5.41, 5.74) is 0.803. The van der Waals surface area contributed by atoms with Crippen LogP contribution in [0.4, 0.5) is 0 Å². The number of allylic oxidation sites excluding steroid dienone is 2. The van der Waals surface area contributed by atoms with Crippen molar-refractivity contribution < 1.29 is 14.6 Å². The molecule has 1 N–H and O–H groups in total. The summed E-state index contributed by atoms with van der Waals surface area (Å²) in [6.07, 6.45) is 3.93. The van der Waals surface area contributed by atoms with Gasteiger partial charge in [-0.25, -0.2) is 4.79 Å². The molecule has 0 aliphatic carbocycles. The first-order valence-corrected chi connectivity index (χ1v) is 4.92. The Labute approximate surface area is 98.6 Å². The number of carboxylic acids is 1. The highest BCUT2D eigenvalue weighted by Gasteiger charge is 1.97. The Morgan fingerprint density at radius 1 is 1.38 bits per heavy atom. The normalized spacial score (nSPS) is 11.8. The summed E-state index contributed by atoms with van der Waals surface area (Å²) < 4.78 is 5.01. The SMILES string of the molecule is COc1ccc(/C(Cl)=C/C=C/C(=O)O)cc1. The zero-order valence-electron chi connectivity index (χ0n) is 8.68. The molecule has 1 aromatic carbocycles. The lowest BCUT2D eigenvalue weighted by Crippen LogP contribution is -1.85. The maximum atomic E-state index is 10.2. The smallest absolute Gasteiger partial charge is 0.328 e. The van der Waals surface area contributed by atoms with Crippen molar-refractivity contribution in [1.29, 1.82) is 0 Å². The summed E-state index contributed by atoms with van der Waals surface area (Å²) >= 11 is 5.96. The lowest BCUT2D eigenvalue weighted by atomic mass is 10.2. The van der Waals surface area contributed by atoms with Crippen molar-refractivity contribution in [2.24, 2.45) is 0 Å². The second-order valence-corrected chi connectivity index (χ2v) is 3.35. The van der Waals surface area contributed by atoms with Crippen molar-refractivity contribution in [3.8, 4) is 5.75 Å². The van der Waals surface area contributed by atoms with Gasteiger partial charge in [-0.2, -0.15) is 0 Å². The molecule has 0 bridgehead atoms. The van der Waals surface area contributed by atoms with E-state index in [0.29, 0.717) is 5.03 Å². The molecule has 1 aromatic rings. The van der Waals surface area contributed by atoms with Crippen molar-refractivity contribution >= 4 is 22.6 Å². The van der Waals surface area contributed by atoms with Gasteiger partial charge in [-0.3, -0.25) is 0 Å². The maximum absolute atomic E-state index is 10.2. The van der Waals surface area contributed by atoms with Crippen LogP contribution in [0.2, 0.25) is 0 Å². The van der Waals surface area contributed by atoms with Crippen LogP contribution >= 0.6 is 11.6 Å². The summed E-state index contributed by atoms with van der Waals surface area (Å²) in [7, 11) is 1.59. The van der Waals surface area contributed by atoms with Gasteiger partial charge in [-0.05, 0) is 35.9 Å². The molecule has 16 heavy (non-hydrogen) atoms. The monoisotopic (exact) mass is 238 g/mol. The second-order valence-electron chi connectivity index (χ2n) is 2.94. The van der Waals surface area contributed by atoms with Gasteiger partial charge in [0, 0.05) is 11.1 Å². The third-order valence-electron chi connectivity index (χ3n) is 1.85. The molecular formula is C12H11ClO3. The predicted octanol–water partition coefficient (Wildman–Crippen LogP) is 2.92. The van der Waals surface area contributed by atoms with Crippen LogP contribution in [0.1, 0.15) is 5.56 Å². The zero-order valence-corrected chi connectivity index (χ0v) is 9.44. The number of methoxy groups -OCH3 is 1. The van der Waals surface area contributed by atoms with Crippen molar-refractivity contribution in [2.75, 3.05) is 7.11 Å². The molecule has 0 fully saturated rings. The van der Waals surface area contributed by atoms with Gasteiger partial charge in [0.2, 0.25) is 0 Å². The Morgan fingerprint density at radius 3 is 2.50 bits per heavy atom. The van der Waals surface area contributed by atoms with E-state index in [-0.39, 0.29) is 0 Å². The van der Waals surface area contributed by atoms with Crippen molar-refractivity contribution in [2.45, 2.75) is 0 Å². The largest absolute Gasteiger partial charge is 0.497 e.